The van der Waals surface area contributed by atoms with Gasteiger partial charge in [-0.15, -0.1) is 10.2 Å². The van der Waals surface area contributed by atoms with Gasteiger partial charge in [0, 0.05) is 13.1 Å². The van der Waals surface area contributed by atoms with Crippen molar-refractivity contribution in [3.05, 3.63) is 29.8 Å². The van der Waals surface area contributed by atoms with Crippen molar-refractivity contribution < 1.29 is 9.53 Å². The van der Waals surface area contributed by atoms with Crippen molar-refractivity contribution in [2.45, 2.75) is 51.3 Å². The molecule has 0 N–H and O–H groups in total. The van der Waals surface area contributed by atoms with Gasteiger partial charge in [-0.1, -0.05) is 29.5 Å². The van der Waals surface area contributed by atoms with E-state index in [1.807, 2.05) is 13.8 Å². The molecule has 140 valence electrons. The van der Waals surface area contributed by atoms with Crippen LogP contribution < -0.4 is 4.90 Å². The third-order valence-electron chi connectivity index (χ3n) is 4.23. The molecule has 0 atom stereocenters. The second kappa shape index (κ2) is 8.58. The molecule has 3 rings (SSSR count). The summed E-state index contributed by atoms with van der Waals surface area (Å²) in [5, 5.41) is 9.53. The quantitative estimate of drug-likeness (QED) is 0.569. The molecule has 1 aromatic carbocycles. The Balaban J connectivity index is 1.87. The van der Waals surface area contributed by atoms with E-state index in [-0.39, 0.29) is 17.8 Å². The van der Waals surface area contributed by atoms with Gasteiger partial charge in [-0.2, -0.15) is 0 Å². The van der Waals surface area contributed by atoms with E-state index in [0.717, 1.165) is 29.9 Å². The number of aromatic nitrogens is 3. The molecule has 0 amide bonds. The highest BCUT2D eigenvalue weighted by atomic mass is 32.2. The number of anilines is 1. The molecule has 1 aliphatic heterocycles. The first-order valence-electron chi connectivity index (χ1n) is 9.14. The van der Waals surface area contributed by atoms with E-state index in [1.165, 1.54) is 36.6 Å². The van der Waals surface area contributed by atoms with E-state index in [4.69, 9.17) is 4.74 Å². The maximum Gasteiger partial charge on any atom is 0.316 e. The smallest absolute Gasteiger partial charge is 0.316 e. The number of piperidine rings is 1. The van der Waals surface area contributed by atoms with E-state index < -0.39 is 0 Å². The third-order valence-corrected chi connectivity index (χ3v) is 5.14. The van der Waals surface area contributed by atoms with Crippen LogP contribution in [0.2, 0.25) is 0 Å². The van der Waals surface area contributed by atoms with Gasteiger partial charge in [0.15, 0.2) is 5.16 Å². The molecule has 0 unspecified atom stereocenters. The van der Waals surface area contributed by atoms with Crippen molar-refractivity contribution >= 4 is 23.7 Å². The number of thioether (sulfide) groups is 1. The van der Waals surface area contributed by atoms with Crippen LogP contribution in [0, 0.1) is 6.92 Å². The number of nitrogens with zero attached hydrogens (tertiary/aromatic N) is 4. The SMILES string of the molecule is Cc1ccc(-n2c(SCC(=O)OC(C)C)nnc2N2CCCCC2)cc1. The van der Waals surface area contributed by atoms with Gasteiger partial charge >= 0.3 is 5.97 Å². The van der Waals surface area contributed by atoms with Crippen molar-refractivity contribution in [2.24, 2.45) is 0 Å². The minimum absolute atomic E-state index is 0.109. The molecule has 0 aliphatic carbocycles. The molecule has 6 nitrogen and oxygen atoms in total. The predicted octanol–water partition coefficient (Wildman–Crippen LogP) is 3.61. The number of ether oxygens (including phenoxy) is 1. The number of benzene rings is 1. The summed E-state index contributed by atoms with van der Waals surface area (Å²) in [4.78, 5) is 14.2. The maximum atomic E-state index is 11.9. The molecule has 2 aromatic rings. The molecule has 0 spiro atoms. The van der Waals surface area contributed by atoms with Crippen LogP contribution in [0.5, 0.6) is 0 Å². The standard InChI is InChI=1S/C19H26N4O2S/c1-14(2)25-17(24)13-26-19-21-20-18(22-11-5-4-6-12-22)23(19)16-9-7-15(3)8-10-16/h7-10,14H,4-6,11-13H2,1-3H3. The summed E-state index contributed by atoms with van der Waals surface area (Å²) in [6.45, 7) is 7.75. The zero-order chi connectivity index (χ0) is 18.5. The highest BCUT2D eigenvalue weighted by molar-refractivity contribution is 7.99. The lowest BCUT2D eigenvalue weighted by atomic mass is 10.1. The van der Waals surface area contributed by atoms with E-state index in [2.05, 4.69) is 50.9 Å². The summed E-state index contributed by atoms with van der Waals surface area (Å²) in [6, 6.07) is 8.30. The van der Waals surface area contributed by atoms with Crippen molar-refractivity contribution in [3.8, 4) is 5.69 Å². The minimum atomic E-state index is -0.233. The zero-order valence-corrected chi connectivity index (χ0v) is 16.5. The summed E-state index contributed by atoms with van der Waals surface area (Å²) >= 11 is 1.37. The van der Waals surface area contributed by atoms with E-state index in [9.17, 15) is 4.79 Å². The van der Waals surface area contributed by atoms with Crippen molar-refractivity contribution in [1.29, 1.82) is 0 Å². The third kappa shape index (κ3) is 4.58. The summed E-state index contributed by atoms with van der Waals surface area (Å²) in [5.74, 6) is 0.846. The normalized spacial score (nSPS) is 14.7. The molecule has 0 radical (unpaired) electrons. The first-order chi connectivity index (χ1) is 12.5. The summed E-state index contributed by atoms with van der Waals surface area (Å²) in [5.41, 5.74) is 2.22. The Labute approximate surface area is 158 Å². The molecule has 26 heavy (non-hydrogen) atoms. The minimum Gasteiger partial charge on any atom is -0.462 e. The van der Waals surface area contributed by atoms with Crippen LogP contribution >= 0.6 is 11.8 Å². The second-order valence-corrected chi connectivity index (χ2v) is 7.77. The van der Waals surface area contributed by atoms with E-state index in [0.29, 0.717) is 0 Å². The van der Waals surface area contributed by atoms with E-state index in [1.54, 1.807) is 0 Å². The van der Waals surface area contributed by atoms with Gasteiger partial charge in [-0.25, -0.2) is 0 Å². The molecule has 1 aromatic heterocycles. The van der Waals surface area contributed by atoms with Crippen LogP contribution in [0.4, 0.5) is 5.95 Å². The molecule has 2 heterocycles. The molecule has 1 aliphatic rings. The number of aryl methyl sites for hydroxylation is 1. The van der Waals surface area contributed by atoms with Crippen LogP contribution in [0.1, 0.15) is 38.7 Å². The van der Waals surface area contributed by atoms with Gasteiger partial charge in [0.2, 0.25) is 5.95 Å². The van der Waals surface area contributed by atoms with Crippen LogP contribution in [-0.2, 0) is 9.53 Å². The number of carbonyl (C=O) groups excluding carboxylic acids is 1. The fraction of sp³-hybridized carbons (Fsp3) is 0.526. The van der Waals surface area contributed by atoms with Crippen LogP contribution in [0.3, 0.4) is 0 Å². The fourth-order valence-electron chi connectivity index (χ4n) is 2.99. The van der Waals surface area contributed by atoms with Gasteiger partial charge in [0.1, 0.15) is 0 Å². The Morgan fingerprint density at radius 2 is 1.85 bits per heavy atom. The molecule has 1 saturated heterocycles. The average Bonchev–Trinajstić information content (AvgIpc) is 3.05. The van der Waals surface area contributed by atoms with Gasteiger partial charge in [0.05, 0.1) is 17.5 Å². The van der Waals surface area contributed by atoms with Crippen LogP contribution in [0.25, 0.3) is 5.69 Å². The van der Waals surface area contributed by atoms with Crippen molar-refractivity contribution in [1.82, 2.24) is 14.8 Å². The topological polar surface area (TPSA) is 60.3 Å². The zero-order valence-electron chi connectivity index (χ0n) is 15.6. The number of esters is 1. The number of hydrogen-bond donors (Lipinski definition) is 0. The summed E-state index contributed by atoms with van der Waals surface area (Å²) in [6.07, 6.45) is 3.49. The Morgan fingerprint density at radius 1 is 1.15 bits per heavy atom. The molecule has 0 saturated carbocycles. The predicted molar refractivity (Wildman–Crippen MR) is 104 cm³/mol. The average molecular weight is 375 g/mol. The van der Waals surface area contributed by atoms with Crippen molar-refractivity contribution in [3.63, 3.8) is 0 Å². The molecule has 1 fully saturated rings. The lowest BCUT2D eigenvalue weighted by Gasteiger charge is -2.27. The maximum absolute atomic E-state index is 11.9. The molecule has 0 bridgehead atoms. The highest BCUT2D eigenvalue weighted by Crippen LogP contribution is 2.28. The monoisotopic (exact) mass is 374 g/mol. The second-order valence-electron chi connectivity index (χ2n) is 6.83. The number of carbonyl (C=O) groups is 1. The van der Waals surface area contributed by atoms with E-state index >= 15 is 0 Å². The fourth-order valence-corrected chi connectivity index (χ4v) is 3.72. The van der Waals surface area contributed by atoms with Crippen molar-refractivity contribution in [2.75, 3.05) is 23.7 Å². The molecule has 7 heteroatoms. The Bertz CT molecular complexity index is 736. The Hall–Kier alpha value is -2.02. The lowest BCUT2D eigenvalue weighted by molar-refractivity contribution is -0.144. The first kappa shape index (κ1) is 18.8. The lowest BCUT2D eigenvalue weighted by Crippen LogP contribution is -2.31. The van der Waals surface area contributed by atoms with Crippen LogP contribution in [0.15, 0.2) is 29.4 Å². The first-order valence-corrected chi connectivity index (χ1v) is 10.1. The van der Waals surface area contributed by atoms with Gasteiger partial charge in [-0.05, 0) is 52.2 Å². The molecular weight excluding hydrogens is 348 g/mol. The van der Waals surface area contributed by atoms with Gasteiger partial charge < -0.3 is 9.64 Å². The molecular formula is C19H26N4O2S. The number of hydrogen-bond acceptors (Lipinski definition) is 6. The number of rotatable bonds is 6. The van der Waals surface area contributed by atoms with Crippen LogP contribution in [-0.4, -0.2) is 45.7 Å². The Morgan fingerprint density at radius 3 is 2.50 bits per heavy atom. The van der Waals surface area contributed by atoms with Gasteiger partial charge in [-0.3, -0.25) is 9.36 Å². The Kier molecular flexibility index (Phi) is 6.19. The van der Waals surface area contributed by atoms with Gasteiger partial charge in [0.25, 0.3) is 0 Å². The largest absolute Gasteiger partial charge is 0.462 e. The summed E-state index contributed by atoms with van der Waals surface area (Å²) in [7, 11) is 0. The highest BCUT2D eigenvalue weighted by Gasteiger charge is 2.22. The summed E-state index contributed by atoms with van der Waals surface area (Å²) < 4.78 is 7.28.